The second-order valence-corrected chi connectivity index (χ2v) is 20.0. The van der Waals surface area contributed by atoms with Gasteiger partial charge in [-0.1, -0.05) is 182 Å². The highest BCUT2D eigenvalue weighted by Crippen LogP contribution is 2.53. The van der Waals surface area contributed by atoms with Gasteiger partial charge in [0, 0.05) is 36.4 Å². The first-order valence-electron chi connectivity index (χ1n) is 24.6. The molecule has 2 aliphatic heterocycles. The lowest BCUT2D eigenvalue weighted by Gasteiger charge is -2.37. The summed E-state index contributed by atoms with van der Waals surface area (Å²) in [6.45, 7) is 2.62. The summed E-state index contributed by atoms with van der Waals surface area (Å²) in [5.41, 5.74) is 0.0571. The van der Waals surface area contributed by atoms with Crippen LogP contribution in [0.3, 0.4) is 0 Å². The number of rotatable bonds is 18. The maximum atomic E-state index is 14.9. The predicted molar refractivity (Wildman–Crippen MR) is 279 cm³/mol. The van der Waals surface area contributed by atoms with Crippen molar-refractivity contribution in [3.63, 3.8) is 0 Å². The molecule has 16 nitrogen and oxygen atoms in total. The zero-order chi connectivity index (χ0) is 52.2. The van der Waals surface area contributed by atoms with Crippen LogP contribution in [0.4, 0.5) is 0 Å². The molecule has 3 N–H and O–H groups in total. The minimum atomic E-state index is -5.20. The van der Waals surface area contributed by atoms with Crippen molar-refractivity contribution in [3.8, 4) is 0 Å². The number of hydrogen-bond donors (Lipinski definition) is 3. The molecule has 75 heavy (non-hydrogen) atoms. The third-order valence-electron chi connectivity index (χ3n) is 13.8. The smallest absolute Gasteiger partial charge is 0.358 e. The topological polar surface area (TPSA) is 202 Å². The van der Waals surface area contributed by atoms with Gasteiger partial charge in [-0.25, -0.2) is 14.2 Å². The van der Waals surface area contributed by atoms with E-state index in [4.69, 9.17) is 28.0 Å². The van der Waals surface area contributed by atoms with Gasteiger partial charge in [0.25, 0.3) is 11.1 Å². The van der Waals surface area contributed by atoms with E-state index in [9.17, 15) is 28.6 Å². The summed E-state index contributed by atoms with van der Waals surface area (Å²) >= 11 is 0. The second-order valence-electron chi connectivity index (χ2n) is 18.6. The zero-order valence-electron chi connectivity index (χ0n) is 41.0. The number of H-pyrrole nitrogens is 2. The summed E-state index contributed by atoms with van der Waals surface area (Å²) < 4.78 is 57.1. The molecule has 8 aromatic rings. The van der Waals surface area contributed by atoms with Crippen LogP contribution in [0, 0.1) is 13.8 Å². The summed E-state index contributed by atoms with van der Waals surface area (Å²) in [5, 5.41) is 0. The lowest BCUT2D eigenvalue weighted by molar-refractivity contribution is -0.101. The first-order chi connectivity index (χ1) is 36.3. The van der Waals surface area contributed by atoms with E-state index in [1.165, 1.54) is 21.5 Å². The van der Waals surface area contributed by atoms with Gasteiger partial charge in [0.15, 0.2) is 0 Å². The number of ether oxygens (including phenoxy) is 4. The lowest BCUT2D eigenvalue weighted by Crippen LogP contribution is -2.39. The van der Waals surface area contributed by atoms with Crippen molar-refractivity contribution < 1.29 is 37.5 Å². The Balaban J connectivity index is 1.00. The Hall–Kier alpha value is -7.37. The van der Waals surface area contributed by atoms with Gasteiger partial charge in [-0.15, -0.1) is 0 Å². The van der Waals surface area contributed by atoms with Gasteiger partial charge in [-0.05, 0) is 47.2 Å². The quantitative estimate of drug-likeness (QED) is 0.0551. The highest BCUT2D eigenvalue weighted by atomic mass is 31.2. The molecule has 2 aliphatic rings. The highest BCUT2D eigenvalue weighted by molar-refractivity contribution is 7.47. The van der Waals surface area contributed by atoms with E-state index in [2.05, 4.69) is 9.97 Å². The molecule has 0 aliphatic carbocycles. The van der Waals surface area contributed by atoms with E-state index in [1.807, 2.05) is 182 Å². The molecule has 0 unspecified atom stereocenters. The SMILES string of the molecule is Cc1cn([C@H]2C[C@H](OP(=O)(O)O[C@H]3C[C@H](n4cc(C)c(=O)[nH]c4=O)O[C@@H]3COC(c3ccccc3)(c3ccccc3)c3ccccc3)[C@@H](COC(c3ccccc3)(c3ccccc3)c3ccccc3)O2)c(=O)[nH]c1=O. The Labute approximate surface area is 431 Å². The first-order valence-corrected chi connectivity index (χ1v) is 26.1. The molecular weight excluding hydrogens is 976 g/mol. The van der Waals surface area contributed by atoms with Gasteiger partial charge in [0.1, 0.15) is 48.1 Å². The lowest BCUT2D eigenvalue weighted by atomic mass is 9.80. The van der Waals surface area contributed by atoms with Gasteiger partial charge in [-0.3, -0.25) is 37.7 Å². The number of phosphoric acid groups is 1. The van der Waals surface area contributed by atoms with Crippen LogP contribution >= 0.6 is 7.82 Å². The number of aryl methyl sites for hydroxylation is 2. The number of aromatic amines is 2. The van der Waals surface area contributed by atoms with E-state index in [-0.39, 0.29) is 37.2 Å². The molecule has 0 saturated carbocycles. The van der Waals surface area contributed by atoms with Gasteiger partial charge in [0.2, 0.25) is 0 Å². The number of phosphoric ester groups is 1. The summed E-state index contributed by atoms with van der Waals surface area (Å²) in [6.07, 6.45) is -4.52. The molecule has 0 spiro atoms. The molecular formula is C58H55N4O12P. The Morgan fingerprint density at radius 2 is 0.760 bits per heavy atom. The van der Waals surface area contributed by atoms with Crippen molar-refractivity contribution in [2.45, 2.75) is 74.8 Å². The maximum absolute atomic E-state index is 14.9. The predicted octanol–water partition coefficient (Wildman–Crippen LogP) is 8.17. The van der Waals surface area contributed by atoms with Crippen LogP contribution in [0.1, 0.15) is 69.8 Å². The van der Waals surface area contributed by atoms with E-state index in [1.54, 1.807) is 13.8 Å². The third kappa shape index (κ3) is 10.5. The van der Waals surface area contributed by atoms with Crippen LogP contribution in [0.2, 0.25) is 0 Å². The van der Waals surface area contributed by atoms with Gasteiger partial charge < -0.3 is 23.8 Å². The Bertz CT molecular complexity index is 3080. The van der Waals surface area contributed by atoms with Crippen LogP contribution in [0.15, 0.2) is 214 Å². The molecule has 384 valence electrons. The fourth-order valence-corrected chi connectivity index (χ4v) is 11.4. The molecule has 6 aromatic carbocycles. The zero-order valence-corrected chi connectivity index (χ0v) is 41.9. The van der Waals surface area contributed by atoms with Gasteiger partial charge >= 0.3 is 19.2 Å². The second kappa shape index (κ2) is 21.8. The summed E-state index contributed by atoms with van der Waals surface area (Å²) in [5.74, 6) is 0. The van der Waals surface area contributed by atoms with E-state index in [0.29, 0.717) is 0 Å². The van der Waals surface area contributed by atoms with Crippen LogP contribution in [-0.4, -0.2) is 61.6 Å². The molecule has 0 amide bonds. The average Bonchev–Trinajstić information content (AvgIpc) is 4.02. The minimum Gasteiger partial charge on any atom is -0.358 e. The highest BCUT2D eigenvalue weighted by Gasteiger charge is 2.49. The molecule has 6 atom stereocenters. The molecule has 2 aromatic heterocycles. The van der Waals surface area contributed by atoms with E-state index < -0.39 is 78.4 Å². The minimum absolute atomic E-state index is 0.154. The molecule has 10 rings (SSSR count). The van der Waals surface area contributed by atoms with Gasteiger partial charge in [-0.2, -0.15) is 0 Å². The van der Waals surface area contributed by atoms with Crippen molar-refractivity contribution in [1.29, 1.82) is 0 Å². The normalized spacial score (nSPS) is 20.0. The number of benzene rings is 6. The number of aromatic nitrogens is 4. The molecule has 17 heteroatoms. The maximum Gasteiger partial charge on any atom is 0.472 e. The van der Waals surface area contributed by atoms with Crippen LogP contribution in [0.25, 0.3) is 0 Å². The third-order valence-corrected chi connectivity index (χ3v) is 14.9. The molecule has 4 heterocycles. The summed E-state index contributed by atoms with van der Waals surface area (Å²) in [4.78, 5) is 68.5. The Morgan fingerprint density at radius 1 is 0.493 bits per heavy atom. The van der Waals surface area contributed by atoms with Gasteiger partial charge in [0.05, 0.1) is 13.2 Å². The summed E-state index contributed by atoms with van der Waals surface area (Å²) in [7, 11) is -5.20. The number of nitrogens with one attached hydrogen (secondary N) is 2. The fraction of sp³-hybridized carbons (Fsp3) is 0.241. The van der Waals surface area contributed by atoms with E-state index >= 15 is 0 Å². The van der Waals surface area contributed by atoms with Crippen molar-refractivity contribution in [3.05, 3.63) is 281 Å². The van der Waals surface area contributed by atoms with Crippen molar-refractivity contribution in [1.82, 2.24) is 19.1 Å². The van der Waals surface area contributed by atoms with Crippen LogP contribution < -0.4 is 22.5 Å². The first kappa shape index (κ1) is 51.1. The largest absolute Gasteiger partial charge is 0.472 e. The number of nitrogens with zero attached hydrogens (tertiary/aromatic N) is 2. The standard InChI is InChI=1S/C58H55N4O12P/c1-39-35-61(55(65)59-53(39)63)51-33-47(49(71-51)37-69-57(41-21-9-3-10-22-41,42-23-11-4-12-24-42)43-25-13-5-14-26-43)73-75(67,68)74-48-34-52(62-36-40(2)54(64)60-56(62)66)72-50(48)38-70-58(44-27-15-6-16-28-44,45-29-17-7-18-30-45)46-31-19-8-20-32-46/h3-32,35-36,47-52H,33-34,37-38H2,1-2H3,(H,67,68)(H,59,63,65)(H,60,64,66)/t47-,48-,49+,50+,51+,52+/m0/s1. The number of hydrogen-bond acceptors (Lipinski definition) is 11. The van der Waals surface area contributed by atoms with E-state index in [0.717, 1.165) is 33.4 Å². The molecule has 2 saturated heterocycles. The Morgan fingerprint density at radius 3 is 1.03 bits per heavy atom. The Kier molecular flexibility index (Phi) is 14.9. The van der Waals surface area contributed by atoms with Crippen LogP contribution in [0.5, 0.6) is 0 Å². The summed E-state index contributed by atoms with van der Waals surface area (Å²) in [6, 6.07) is 57.8. The van der Waals surface area contributed by atoms with Crippen LogP contribution in [-0.2, 0) is 43.8 Å². The molecule has 0 bridgehead atoms. The monoisotopic (exact) mass is 1030 g/mol. The fourth-order valence-electron chi connectivity index (χ4n) is 10.2. The molecule has 2 fully saturated rings. The van der Waals surface area contributed by atoms with Crippen molar-refractivity contribution in [2.75, 3.05) is 13.2 Å². The van der Waals surface area contributed by atoms with Crippen molar-refractivity contribution in [2.24, 2.45) is 0 Å². The van der Waals surface area contributed by atoms with Crippen molar-refractivity contribution >= 4 is 7.82 Å². The average molecular weight is 1030 g/mol. The molecule has 0 radical (unpaired) electrons.